The Hall–Kier alpha value is -2.19. The van der Waals surface area contributed by atoms with Crippen LogP contribution in [-0.4, -0.2) is 16.2 Å². The highest BCUT2D eigenvalue weighted by Gasteiger charge is 2.43. The van der Waals surface area contributed by atoms with Gasteiger partial charge in [0.05, 0.1) is 6.10 Å². The number of nitrogens with zero attached hydrogens (tertiary/aromatic N) is 1. The number of pyridine rings is 1. The Morgan fingerprint density at radius 3 is 2.75 bits per heavy atom. The molecule has 2 aliphatic rings. The van der Waals surface area contributed by atoms with Crippen LogP contribution in [0.1, 0.15) is 42.4 Å². The summed E-state index contributed by atoms with van der Waals surface area (Å²) >= 11 is 0. The maximum absolute atomic E-state index is 10.6. The average molecular weight is 374 g/mol. The number of hydrogen-bond donors (Lipinski definition) is 1. The van der Waals surface area contributed by atoms with Crippen LogP contribution in [-0.2, 0) is 12.8 Å². The fourth-order valence-corrected chi connectivity index (χ4v) is 5.02. The van der Waals surface area contributed by atoms with Crippen molar-refractivity contribution in [2.45, 2.75) is 51.6 Å². The minimum absolute atomic E-state index is 0.178. The predicted octanol–water partition coefficient (Wildman–Crippen LogP) is 5.45. The van der Waals surface area contributed by atoms with Gasteiger partial charge in [-0.1, -0.05) is 53.6 Å². The number of rotatable bonds is 7. The van der Waals surface area contributed by atoms with Crippen LogP contribution in [0.25, 0.3) is 0 Å². The van der Waals surface area contributed by atoms with Crippen molar-refractivity contribution >= 4 is 0 Å². The number of aliphatic hydroxyl groups excluding tert-OH is 1. The third-order valence-corrected chi connectivity index (χ3v) is 6.47. The molecule has 0 spiro atoms. The fraction of sp³-hybridized carbons (Fsp3) is 0.423. The van der Waals surface area contributed by atoms with Gasteiger partial charge >= 0.3 is 0 Å². The SMILES string of the molecule is Cc1cccc(CCC=C[C@@H]2[C@H]3CC(CCc4ccncc4)=C[C@H]3C[C@H]2O)c1. The lowest BCUT2D eigenvalue weighted by molar-refractivity contribution is 0.141. The normalized spacial score (nSPS) is 26.6. The summed E-state index contributed by atoms with van der Waals surface area (Å²) in [5.74, 6) is 1.48. The first-order valence-corrected chi connectivity index (χ1v) is 10.7. The van der Waals surface area contributed by atoms with E-state index >= 15 is 0 Å². The van der Waals surface area contributed by atoms with Gasteiger partial charge in [0.2, 0.25) is 0 Å². The number of benzene rings is 1. The third kappa shape index (κ3) is 4.62. The molecular weight excluding hydrogens is 342 g/mol. The number of hydrogen-bond acceptors (Lipinski definition) is 2. The lowest BCUT2D eigenvalue weighted by Crippen LogP contribution is -2.17. The standard InChI is InChI=1S/C26H31NO/c1-19-5-4-7-21(15-19)6-2-3-8-24-25-17-22(16-23(25)18-26(24)28)10-9-20-11-13-27-14-12-20/h3-5,7-8,11-16,23-26,28H,2,6,9-10,17-18H2,1H3/t23-,24+,25-,26+/m0/s1. The first kappa shape index (κ1) is 19.1. The number of fused-ring (bicyclic) bond motifs is 1. The monoisotopic (exact) mass is 373 g/mol. The maximum atomic E-state index is 10.6. The maximum Gasteiger partial charge on any atom is 0.0611 e. The molecule has 2 aliphatic carbocycles. The molecule has 28 heavy (non-hydrogen) atoms. The molecule has 0 saturated heterocycles. The highest BCUT2D eigenvalue weighted by atomic mass is 16.3. The summed E-state index contributed by atoms with van der Waals surface area (Å²) < 4.78 is 0. The number of aromatic nitrogens is 1. The molecule has 4 atom stereocenters. The summed E-state index contributed by atoms with van der Waals surface area (Å²) in [4.78, 5) is 4.10. The first-order chi connectivity index (χ1) is 13.7. The van der Waals surface area contributed by atoms with E-state index in [4.69, 9.17) is 0 Å². The molecule has 2 nitrogen and oxygen atoms in total. The van der Waals surface area contributed by atoms with E-state index in [1.54, 1.807) is 5.57 Å². The van der Waals surface area contributed by atoms with Gasteiger partial charge in [0.25, 0.3) is 0 Å². The summed E-state index contributed by atoms with van der Waals surface area (Å²) in [6, 6.07) is 13.0. The van der Waals surface area contributed by atoms with Gasteiger partial charge < -0.3 is 5.11 Å². The van der Waals surface area contributed by atoms with Crippen LogP contribution in [0.15, 0.2) is 72.6 Å². The molecule has 2 aromatic rings. The van der Waals surface area contributed by atoms with Gasteiger partial charge in [-0.3, -0.25) is 4.98 Å². The molecule has 1 saturated carbocycles. The van der Waals surface area contributed by atoms with Crippen LogP contribution in [0.2, 0.25) is 0 Å². The highest BCUT2D eigenvalue weighted by Crippen LogP contribution is 2.48. The second-order valence-electron chi connectivity index (χ2n) is 8.55. The van der Waals surface area contributed by atoms with Crippen molar-refractivity contribution < 1.29 is 5.11 Å². The summed E-state index contributed by atoms with van der Waals surface area (Å²) in [7, 11) is 0. The Morgan fingerprint density at radius 2 is 1.93 bits per heavy atom. The van der Waals surface area contributed by atoms with E-state index in [0.29, 0.717) is 17.8 Å². The lowest BCUT2D eigenvalue weighted by atomic mass is 9.88. The minimum Gasteiger partial charge on any atom is -0.392 e. The van der Waals surface area contributed by atoms with E-state index in [9.17, 15) is 5.11 Å². The molecule has 0 aliphatic heterocycles. The van der Waals surface area contributed by atoms with E-state index in [1.807, 2.05) is 12.4 Å². The fourth-order valence-electron chi connectivity index (χ4n) is 5.02. The molecule has 0 radical (unpaired) electrons. The molecule has 0 bridgehead atoms. The van der Waals surface area contributed by atoms with Crippen LogP contribution in [0.3, 0.4) is 0 Å². The molecular formula is C26H31NO. The van der Waals surface area contributed by atoms with Crippen molar-refractivity contribution in [2.24, 2.45) is 17.8 Å². The van der Waals surface area contributed by atoms with Crippen molar-refractivity contribution in [3.63, 3.8) is 0 Å². The molecule has 1 aromatic carbocycles. The van der Waals surface area contributed by atoms with Gasteiger partial charge in [0.15, 0.2) is 0 Å². The highest BCUT2D eigenvalue weighted by molar-refractivity contribution is 5.24. The Balaban J connectivity index is 1.29. The topological polar surface area (TPSA) is 33.1 Å². The Labute approximate surface area is 169 Å². The number of aliphatic hydroxyl groups is 1. The largest absolute Gasteiger partial charge is 0.392 e. The van der Waals surface area contributed by atoms with Crippen LogP contribution < -0.4 is 0 Å². The van der Waals surface area contributed by atoms with Crippen molar-refractivity contribution in [3.05, 3.63) is 89.3 Å². The van der Waals surface area contributed by atoms with Crippen molar-refractivity contribution in [2.75, 3.05) is 0 Å². The Morgan fingerprint density at radius 1 is 1.07 bits per heavy atom. The second-order valence-corrected chi connectivity index (χ2v) is 8.55. The molecule has 1 heterocycles. The molecule has 0 unspecified atom stereocenters. The van der Waals surface area contributed by atoms with Crippen molar-refractivity contribution in [1.29, 1.82) is 0 Å². The average Bonchev–Trinajstić information content (AvgIpc) is 3.21. The molecule has 1 N–H and O–H groups in total. The van der Waals surface area contributed by atoms with Gasteiger partial charge in [0.1, 0.15) is 0 Å². The Kier molecular flexibility index (Phi) is 6.07. The smallest absolute Gasteiger partial charge is 0.0611 e. The zero-order valence-electron chi connectivity index (χ0n) is 16.8. The van der Waals surface area contributed by atoms with E-state index in [0.717, 1.165) is 38.5 Å². The quantitative estimate of drug-likeness (QED) is 0.654. The van der Waals surface area contributed by atoms with Gasteiger partial charge in [-0.05, 0) is 80.5 Å². The molecule has 2 heteroatoms. The van der Waals surface area contributed by atoms with Gasteiger partial charge in [-0.15, -0.1) is 0 Å². The van der Waals surface area contributed by atoms with Gasteiger partial charge in [-0.2, -0.15) is 0 Å². The molecule has 4 rings (SSSR count). The predicted molar refractivity (Wildman–Crippen MR) is 115 cm³/mol. The zero-order valence-corrected chi connectivity index (χ0v) is 16.8. The van der Waals surface area contributed by atoms with Crippen LogP contribution >= 0.6 is 0 Å². The minimum atomic E-state index is -0.178. The summed E-state index contributed by atoms with van der Waals surface area (Å²) in [6.07, 6.45) is 17.1. The molecule has 0 amide bonds. The Bertz CT molecular complexity index is 839. The van der Waals surface area contributed by atoms with Crippen LogP contribution in [0.4, 0.5) is 0 Å². The number of aryl methyl sites for hydroxylation is 3. The molecule has 146 valence electrons. The summed E-state index contributed by atoms with van der Waals surface area (Å²) in [5, 5.41) is 10.6. The second kappa shape index (κ2) is 8.87. The number of allylic oxidation sites excluding steroid dienone is 3. The van der Waals surface area contributed by atoms with E-state index < -0.39 is 0 Å². The van der Waals surface area contributed by atoms with Crippen LogP contribution in [0, 0.1) is 24.7 Å². The summed E-state index contributed by atoms with van der Waals surface area (Å²) in [5.41, 5.74) is 5.67. The van der Waals surface area contributed by atoms with Gasteiger partial charge in [0, 0.05) is 18.3 Å². The first-order valence-electron chi connectivity index (χ1n) is 10.7. The van der Waals surface area contributed by atoms with Crippen molar-refractivity contribution in [3.8, 4) is 0 Å². The third-order valence-electron chi connectivity index (χ3n) is 6.47. The van der Waals surface area contributed by atoms with E-state index in [1.165, 1.54) is 16.7 Å². The molecule has 1 aromatic heterocycles. The van der Waals surface area contributed by atoms with E-state index in [2.05, 4.69) is 66.5 Å². The van der Waals surface area contributed by atoms with Gasteiger partial charge in [-0.25, -0.2) is 0 Å². The van der Waals surface area contributed by atoms with E-state index in [-0.39, 0.29) is 6.10 Å². The summed E-state index contributed by atoms with van der Waals surface area (Å²) in [6.45, 7) is 2.15. The van der Waals surface area contributed by atoms with Crippen molar-refractivity contribution in [1.82, 2.24) is 4.98 Å². The van der Waals surface area contributed by atoms with Crippen LogP contribution in [0.5, 0.6) is 0 Å². The zero-order chi connectivity index (χ0) is 19.3. The molecule has 1 fully saturated rings. The lowest BCUT2D eigenvalue weighted by Gasteiger charge is -2.18.